The summed E-state index contributed by atoms with van der Waals surface area (Å²) in [6, 6.07) is -5.59. The van der Waals surface area contributed by atoms with Gasteiger partial charge in [-0.1, -0.05) is 70.6 Å². The van der Waals surface area contributed by atoms with Crippen LogP contribution in [0.5, 0.6) is 0 Å². The normalized spacial score (nSPS) is 27.7. The molecule has 588 valence electrons. The summed E-state index contributed by atoms with van der Waals surface area (Å²) in [4.78, 5) is 116. The number of rotatable bonds is 51. The van der Waals surface area contributed by atoms with E-state index in [0.29, 0.717) is 90.0 Å². The molecule has 0 spiro atoms. The van der Waals surface area contributed by atoms with E-state index in [0.717, 1.165) is 38.5 Å². The monoisotopic (exact) mass is 1470 g/mol. The van der Waals surface area contributed by atoms with Gasteiger partial charge in [-0.25, -0.2) is 0 Å². The Morgan fingerprint density at radius 3 is 1.07 bits per heavy atom. The highest BCUT2D eigenvalue weighted by Crippen LogP contribution is 2.26. The van der Waals surface area contributed by atoms with Crippen molar-refractivity contribution in [2.75, 3.05) is 72.4 Å². The SMILES string of the molecule is CC(=O)NC1C(OCCCCCCNC(=O)CCC(NC(=O)CCC(NC(=O)CCCCCCCCCNC(=O)[C@@H]2C[C@@H](O)CO2)C(=O)NCCCCCCOC2OC(CO)C(O)C(O)C2NC(C)=O)C(=O)NCCCCCCOC2O[C@H](CO)C(O)C(O)C2NC(C)=O)OC(CO)C(O)C1O. The summed E-state index contributed by atoms with van der Waals surface area (Å²) in [6.45, 7) is 3.68. The average Bonchev–Trinajstić information content (AvgIpc) is 1.32. The van der Waals surface area contributed by atoms with Gasteiger partial charge in [0.05, 0.1) is 32.5 Å². The molecule has 102 heavy (non-hydrogen) atoms. The van der Waals surface area contributed by atoms with Gasteiger partial charge in [-0.15, -0.1) is 0 Å². The van der Waals surface area contributed by atoms with E-state index >= 15 is 0 Å². The van der Waals surface area contributed by atoms with Gasteiger partial charge in [0, 0.05) is 92.5 Å². The first-order chi connectivity index (χ1) is 48.9. The number of ether oxygens (including phenoxy) is 7. The molecule has 4 saturated heterocycles. The molecule has 0 aliphatic carbocycles. The van der Waals surface area contributed by atoms with Gasteiger partial charge in [-0.2, -0.15) is 0 Å². The minimum atomic E-state index is -1.46. The zero-order valence-corrected chi connectivity index (χ0v) is 59.4. The van der Waals surface area contributed by atoms with Crippen molar-refractivity contribution in [3.8, 4) is 0 Å². The van der Waals surface area contributed by atoms with Crippen molar-refractivity contribution in [3.05, 3.63) is 0 Å². The van der Waals surface area contributed by atoms with E-state index in [1.54, 1.807) is 0 Å². The van der Waals surface area contributed by atoms with Crippen LogP contribution in [0.4, 0.5) is 0 Å². The molecule has 0 bridgehead atoms. The van der Waals surface area contributed by atoms with Crippen molar-refractivity contribution < 1.29 is 127 Å². The second-order valence-corrected chi connectivity index (χ2v) is 26.6. The summed E-state index contributed by atoms with van der Waals surface area (Å²) in [5.41, 5.74) is 0. The van der Waals surface area contributed by atoms with E-state index in [-0.39, 0.29) is 90.5 Å². The molecule has 35 nitrogen and oxygen atoms in total. The van der Waals surface area contributed by atoms with Crippen molar-refractivity contribution in [3.63, 3.8) is 0 Å². The van der Waals surface area contributed by atoms with Crippen molar-refractivity contribution >= 4 is 53.2 Å². The van der Waals surface area contributed by atoms with E-state index in [4.69, 9.17) is 33.2 Å². The highest BCUT2D eigenvalue weighted by molar-refractivity contribution is 5.90. The van der Waals surface area contributed by atoms with Gasteiger partial charge in [-0.05, 0) is 64.2 Å². The first-order valence-electron chi connectivity index (χ1n) is 36.4. The lowest BCUT2D eigenvalue weighted by atomic mass is 9.97. The van der Waals surface area contributed by atoms with Crippen molar-refractivity contribution in [1.29, 1.82) is 0 Å². The average molecular weight is 1470 g/mol. The molecule has 0 aromatic rings. The van der Waals surface area contributed by atoms with Crippen LogP contribution >= 0.6 is 0 Å². The topological polar surface area (TPSA) is 529 Å². The molecular weight excluding hydrogens is 1350 g/mol. The maximum absolute atomic E-state index is 13.9. The molecular formula is C67H119N9O26. The lowest BCUT2D eigenvalue weighted by Gasteiger charge is -2.42. The molecule has 0 radical (unpaired) electrons. The first kappa shape index (κ1) is 88.9. The van der Waals surface area contributed by atoms with Crippen LogP contribution in [0.3, 0.4) is 0 Å². The Bertz CT molecular complexity index is 2480. The second-order valence-electron chi connectivity index (χ2n) is 26.6. The summed E-state index contributed by atoms with van der Waals surface area (Å²) >= 11 is 0. The Labute approximate surface area is 596 Å². The van der Waals surface area contributed by atoms with Gasteiger partial charge in [0.15, 0.2) is 18.9 Å². The number of amides is 9. The molecule has 0 aromatic carbocycles. The number of hydrogen-bond acceptors (Lipinski definition) is 26. The van der Waals surface area contributed by atoms with Crippen LogP contribution in [0.1, 0.15) is 181 Å². The molecule has 19 N–H and O–H groups in total. The fraction of sp³-hybridized carbons (Fsp3) is 0.866. The zero-order chi connectivity index (χ0) is 74.9. The van der Waals surface area contributed by atoms with Crippen LogP contribution in [-0.2, 0) is 76.3 Å². The van der Waals surface area contributed by atoms with Gasteiger partial charge in [-0.3, -0.25) is 43.2 Å². The number of aliphatic hydroxyl groups excluding tert-OH is 10. The maximum Gasteiger partial charge on any atom is 0.249 e. The van der Waals surface area contributed by atoms with Crippen LogP contribution in [-0.4, -0.2) is 293 Å². The molecule has 4 aliphatic heterocycles. The smallest absolute Gasteiger partial charge is 0.249 e. The van der Waals surface area contributed by atoms with Crippen molar-refractivity contribution in [1.82, 2.24) is 47.9 Å². The summed E-state index contributed by atoms with van der Waals surface area (Å²) < 4.78 is 39.5. The third-order valence-electron chi connectivity index (χ3n) is 18.0. The van der Waals surface area contributed by atoms with Crippen LogP contribution in [0.15, 0.2) is 0 Å². The summed E-state index contributed by atoms with van der Waals surface area (Å²) in [5.74, 6) is -4.22. The Kier molecular flexibility index (Phi) is 43.7. The van der Waals surface area contributed by atoms with Gasteiger partial charge in [0.2, 0.25) is 53.2 Å². The molecule has 35 heteroatoms. The van der Waals surface area contributed by atoms with E-state index in [1.807, 2.05) is 0 Å². The van der Waals surface area contributed by atoms with E-state index < -0.39 is 183 Å². The van der Waals surface area contributed by atoms with E-state index in [9.17, 15) is 94.2 Å². The molecule has 4 heterocycles. The van der Waals surface area contributed by atoms with E-state index in [2.05, 4.69) is 47.9 Å². The quantitative estimate of drug-likeness (QED) is 0.0257. The third kappa shape index (κ3) is 33.3. The Morgan fingerprint density at radius 1 is 0.392 bits per heavy atom. The second kappa shape index (κ2) is 50.1. The Hall–Kier alpha value is -5.45. The number of carbonyl (C=O) groups is 9. The Morgan fingerprint density at radius 2 is 0.716 bits per heavy atom. The number of unbranched alkanes of at least 4 members (excludes halogenated alkanes) is 15. The lowest BCUT2D eigenvalue weighted by molar-refractivity contribution is -0.270. The largest absolute Gasteiger partial charge is 0.394 e. The standard InChI is InChI=1S/C67H119N9O26/c1-40(80)72-53-59(90)56(87)47(36-77)100-65(53)96-32-20-12-9-16-28-68-50(84)26-24-44(62(93)69-29-18-10-13-21-33-97-66-54(73-41(2)81)60(91)57(88)48(37-78)101-66)76-52(86)27-25-45(75-51(85)23-15-7-5-4-6-8-17-31-71-64(95)46-35-43(83)39-99-46)63(94)70-30-19-11-14-22-34-98-67-55(74-42(3)82)61(92)58(89)49(38-79)102-67/h43-49,53-61,65-67,77-79,83,87-92H,4-39H2,1-3H3,(H,68,84)(H,69,93)(H,70,94)(H,71,95)(H,72,80)(H,73,81)(H,74,82)(H,75,85)(H,76,86)/t43-,44?,45?,46+,47?,48-,49?,53?,54?,55?,56?,57?,58?,59?,60?,61?,65?,66?,67?/m1/s1. The summed E-state index contributed by atoms with van der Waals surface area (Å²) in [5, 5.41) is 126. The zero-order valence-electron chi connectivity index (χ0n) is 59.4. The Balaban J connectivity index is 1.31. The highest BCUT2D eigenvalue weighted by Gasteiger charge is 2.48. The maximum atomic E-state index is 13.9. The minimum Gasteiger partial charge on any atom is -0.394 e. The first-order valence-corrected chi connectivity index (χ1v) is 36.4. The minimum absolute atomic E-state index is 0.105. The predicted octanol–water partition coefficient (Wildman–Crippen LogP) is -4.19. The number of nitrogens with one attached hydrogen (secondary N) is 9. The van der Waals surface area contributed by atoms with Gasteiger partial charge in [0.25, 0.3) is 0 Å². The van der Waals surface area contributed by atoms with Gasteiger partial charge >= 0.3 is 0 Å². The van der Waals surface area contributed by atoms with Crippen LogP contribution < -0.4 is 47.9 Å². The van der Waals surface area contributed by atoms with Gasteiger partial charge < -0.3 is 132 Å². The molecule has 0 aromatic heterocycles. The third-order valence-corrected chi connectivity index (χ3v) is 18.0. The molecule has 4 fully saturated rings. The fourth-order valence-corrected chi connectivity index (χ4v) is 12.2. The predicted molar refractivity (Wildman–Crippen MR) is 361 cm³/mol. The summed E-state index contributed by atoms with van der Waals surface area (Å²) in [7, 11) is 0. The molecule has 0 saturated carbocycles. The van der Waals surface area contributed by atoms with Crippen LogP contribution in [0.25, 0.3) is 0 Å². The van der Waals surface area contributed by atoms with Crippen LogP contribution in [0, 0.1) is 0 Å². The number of carbonyl (C=O) groups excluding carboxylic acids is 9. The van der Waals surface area contributed by atoms with Crippen LogP contribution in [0.2, 0.25) is 0 Å². The van der Waals surface area contributed by atoms with E-state index in [1.165, 1.54) is 20.8 Å². The number of aliphatic hydroxyl groups is 10. The molecule has 9 amide bonds. The van der Waals surface area contributed by atoms with Crippen molar-refractivity contribution in [2.45, 2.75) is 298 Å². The molecule has 4 rings (SSSR count). The van der Waals surface area contributed by atoms with Crippen molar-refractivity contribution in [2.24, 2.45) is 0 Å². The fourth-order valence-electron chi connectivity index (χ4n) is 12.2. The lowest BCUT2D eigenvalue weighted by Crippen LogP contribution is -2.64. The summed E-state index contributed by atoms with van der Waals surface area (Å²) in [6.07, 6.45) is -4.67. The molecule has 4 aliphatic rings. The molecule has 16 unspecified atom stereocenters. The number of hydrogen-bond donors (Lipinski definition) is 19. The van der Waals surface area contributed by atoms with Gasteiger partial charge in [0.1, 0.15) is 91.2 Å². The molecule has 19 atom stereocenters. The highest BCUT2D eigenvalue weighted by atomic mass is 16.7.